The predicted octanol–water partition coefficient (Wildman–Crippen LogP) is 2.81. The quantitative estimate of drug-likeness (QED) is 0.782. The van der Waals surface area contributed by atoms with Crippen molar-refractivity contribution in [3.05, 3.63) is 29.8 Å². The Labute approximate surface area is 139 Å². The number of carbonyl (C=O) groups excluding carboxylic acids is 1. The molecule has 5 nitrogen and oxygen atoms in total. The number of aliphatic hydroxyl groups is 1. The van der Waals surface area contributed by atoms with Crippen LogP contribution in [-0.2, 0) is 6.54 Å². The Morgan fingerprint density at radius 3 is 2.65 bits per heavy atom. The molecule has 0 radical (unpaired) electrons. The molecule has 1 aromatic rings. The fraction of sp³-hybridized carbons (Fsp3) is 0.611. The van der Waals surface area contributed by atoms with Gasteiger partial charge in [-0.1, -0.05) is 19.1 Å². The number of amides is 2. The zero-order valence-corrected chi connectivity index (χ0v) is 14.4. The topological polar surface area (TPSA) is 64.6 Å². The van der Waals surface area contributed by atoms with Crippen molar-refractivity contribution in [1.29, 1.82) is 0 Å². The molecule has 1 aromatic carbocycles. The Hall–Kier alpha value is -1.75. The van der Waals surface area contributed by atoms with Crippen molar-refractivity contribution in [3.8, 4) is 0 Å². The van der Waals surface area contributed by atoms with Crippen molar-refractivity contribution in [2.24, 2.45) is 5.41 Å². The summed E-state index contributed by atoms with van der Waals surface area (Å²) < 4.78 is 0. The number of hydrogen-bond acceptors (Lipinski definition) is 3. The highest BCUT2D eigenvalue weighted by Gasteiger charge is 2.31. The van der Waals surface area contributed by atoms with E-state index in [1.807, 2.05) is 23.1 Å². The number of piperidine rings is 1. The van der Waals surface area contributed by atoms with Crippen molar-refractivity contribution in [2.45, 2.75) is 46.2 Å². The van der Waals surface area contributed by atoms with Crippen LogP contribution in [0, 0.1) is 5.41 Å². The first-order chi connectivity index (χ1) is 10.9. The minimum atomic E-state index is -0.0341. The third kappa shape index (κ3) is 5.13. The minimum Gasteiger partial charge on any atom is -0.396 e. The van der Waals surface area contributed by atoms with Crippen LogP contribution in [0.1, 0.15) is 39.2 Å². The van der Waals surface area contributed by atoms with Crippen LogP contribution in [0.3, 0.4) is 0 Å². The zero-order chi connectivity index (χ0) is 16.9. The third-order valence-electron chi connectivity index (χ3n) is 4.47. The summed E-state index contributed by atoms with van der Waals surface area (Å²) in [4.78, 5) is 14.1. The predicted molar refractivity (Wildman–Crippen MR) is 93.4 cm³/mol. The van der Waals surface area contributed by atoms with E-state index in [-0.39, 0.29) is 18.1 Å². The number of aliphatic hydroxyl groups excluding tert-OH is 1. The van der Waals surface area contributed by atoms with Crippen molar-refractivity contribution in [1.82, 2.24) is 10.2 Å². The van der Waals surface area contributed by atoms with Gasteiger partial charge in [-0.2, -0.15) is 0 Å². The monoisotopic (exact) mass is 319 g/mol. The molecule has 23 heavy (non-hydrogen) atoms. The molecule has 0 spiro atoms. The van der Waals surface area contributed by atoms with Crippen LogP contribution >= 0.6 is 0 Å². The number of likely N-dealkylation sites (tertiary alicyclic amines) is 1. The second-order valence-corrected chi connectivity index (χ2v) is 7.11. The molecule has 5 heteroatoms. The highest BCUT2D eigenvalue weighted by molar-refractivity contribution is 5.74. The van der Waals surface area contributed by atoms with Crippen LogP contribution in [0.2, 0.25) is 0 Å². The molecule has 0 atom stereocenters. The van der Waals surface area contributed by atoms with Gasteiger partial charge < -0.3 is 20.6 Å². The molecule has 1 aliphatic heterocycles. The van der Waals surface area contributed by atoms with E-state index >= 15 is 0 Å². The zero-order valence-electron chi connectivity index (χ0n) is 14.4. The smallest absolute Gasteiger partial charge is 0.317 e. The molecule has 1 aliphatic rings. The van der Waals surface area contributed by atoms with Crippen LogP contribution in [0.4, 0.5) is 10.5 Å². The lowest BCUT2D eigenvalue weighted by Crippen LogP contribution is -2.47. The van der Waals surface area contributed by atoms with Gasteiger partial charge in [-0.3, -0.25) is 0 Å². The minimum absolute atomic E-state index is 0.0211. The van der Waals surface area contributed by atoms with Gasteiger partial charge in [-0.15, -0.1) is 0 Å². The SMILES string of the molecule is CC(C)Nc1cccc(CNC(=O)N2CCC(C)(CO)CC2)c1. The summed E-state index contributed by atoms with van der Waals surface area (Å²) >= 11 is 0. The normalized spacial score (nSPS) is 17.2. The Bertz CT molecular complexity index is 523. The highest BCUT2D eigenvalue weighted by Crippen LogP contribution is 2.29. The van der Waals surface area contributed by atoms with E-state index in [4.69, 9.17) is 0 Å². The van der Waals surface area contributed by atoms with E-state index < -0.39 is 0 Å². The van der Waals surface area contributed by atoms with Crippen molar-refractivity contribution >= 4 is 11.7 Å². The maximum Gasteiger partial charge on any atom is 0.317 e. The summed E-state index contributed by atoms with van der Waals surface area (Å²) in [6, 6.07) is 8.48. The van der Waals surface area contributed by atoms with Crippen LogP contribution in [0.5, 0.6) is 0 Å². The standard InChI is InChI=1S/C18H29N3O2/c1-14(2)20-16-6-4-5-15(11-16)12-19-17(23)21-9-7-18(3,13-22)8-10-21/h4-6,11,14,20,22H,7-10,12-13H2,1-3H3,(H,19,23). The van der Waals surface area contributed by atoms with Gasteiger partial charge in [0.05, 0.1) is 0 Å². The highest BCUT2D eigenvalue weighted by atomic mass is 16.3. The Balaban J connectivity index is 1.83. The summed E-state index contributed by atoms with van der Waals surface area (Å²) in [6.07, 6.45) is 1.70. The lowest BCUT2D eigenvalue weighted by Gasteiger charge is -2.38. The average molecular weight is 319 g/mol. The molecule has 2 rings (SSSR count). The van der Waals surface area contributed by atoms with Gasteiger partial charge in [-0.05, 0) is 49.8 Å². The van der Waals surface area contributed by atoms with E-state index in [9.17, 15) is 9.90 Å². The number of nitrogens with zero attached hydrogens (tertiary/aromatic N) is 1. The summed E-state index contributed by atoms with van der Waals surface area (Å²) in [7, 11) is 0. The molecule has 128 valence electrons. The average Bonchev–Trinajstić information content (AvgIpc) is 2.53. The van der Waals surface area contributed by atoms with Gasteiger partial charge in [-0.25, -0.2) is 4.79 Å². The Morgan fingerprint density at radius 1 is 1.35 bits per heavy atom. The van der Waals surface area contributed by atoms with Gasteiger partial charge in [0.2, 0.25) is 0 Å². The number of carbonyl (C=O) groups is 1. The maximum atomic E-state index is 12.3. The fourth-order valence-electron chi connectivity index (χ4n) is 2.80. The fourth-order valence-corrected chi connectivity index (χ4v) is 2.80. The number of nitrogens with one attached hydrogen (secondary N) is 2. The molecule has 2 amide bonds. The molecule has 0 saturated carbocycles. The molecular formula is C18H29N3O2. The number of urea groups is 1. The van der Waals surface area contributed by atoms with E-state index in [1.54, 1.807) is 0 Å². The lowest BCUT2D eigenvalue weighted by molar-refractivity contribution is 0.0700. The van der Waals surface area contributed by atoms with Crippen molar-refractivity contribution in [3.63, 3.8) is 0 Å². The first-order valence-corrected chi connectivity index (χ1v) is 8.41. The molecule has 0 aliphatic carbocycles. The van der Waals surface area contributed by atoms with Gasteiger partial charge in [0.15, 0.2) is 0 Å². The van der Waals surface area contributed by atoms with Gasteiger partial charge >= 0.3 is 6.03 Å². The van der Waals surface area contributed by atoms with E-state index in [2.05, 4.69) is 37.5 Å². The summed E-state index contributed by atoms with van der Waals surface area (Å²) in [5.74, 6) is 0. The largest absolute Gasteiger partial charge is 0.396 e. The summed E-state index contributed by atoms with van der Waals surface area (Å²) in [5.41, 5.74) is 2.12. The third-order valence-corrected chi connectivity index (χ3v) is 4.47. The molecule has 1 fully saturated rings. The first-order valence-electron chi connectivity index (χ1n) is 8.41. The Kier molecular flexibility index (Phi) is 5.88. The van der Waals surface area contributed by atoms with Crippen LogP contribution in [0.25, 0.3) is 0 Å². The van der Waals surface area contributed by atoms with Gasteiger partial charge in [0, 0.05) is 38.0 Å². The molecule has 0 unspecified atom stereocenters. The molecule has 1 saturated heterocycles. The Morgan fingerprint density at radius 2 is 2.04 bits per heavy atom. The van der Waals surface area contributed by atoms with E-state index in [1.165, 1.54) is 0 Å². The van der Waals surface area contributed by atoms with Crippen LogP contribution in [-0.4, -0.2) is 41.8 Å². The van der Waals surface area contributed by atoms with Crippen LogP contribution in [0.15, 0.2) is 24.3 Å². The number of hydrogen-bond donors (Lipinski definition) is 3. The first kappa shape index (κ1) is 17.6. The maximum absolute atomic E-state index is 12.3. The van der Waals surface area contributed by atoms with Crippen LogP contribution < -0.4 is 10.6 Å². The van der Waals surface area contributed by atoms with E-state index in [0.29, 0.717) is 25.7 Å². The molecular weight excluding hydrogens is 290 g/mol. The van der Waals surface area contributed by atoms with Gasteiger partial charge in [0.25, 0.3) is 0 Å². The van der Waals surface area contributed by atoms with Crippen molar-refractivity contribution < 1.29 is 9.90 Å². The van der Waals surface area contributed by atoms with Crippen molar-refractivity contribution in [2.75, 3.05) is 25.0 Å². The summed E-state index contributed by atoms with van der Waals surface area (Å²) in [5, 5.41) is 15.7. The molecule has 0 bridgehead atoms. The van der Waals surface area contributed by atoms with E-state index in [0.717, 1.165) is 24.1 Å². The second-order valence-electron chi connectivity index (χ2n) is 7.11. The summed E-state index contributed by atoms with van der Waals surface area (Å²) in [6.45, 7) is 8.42. The number of rotatable bonds is 5. The molecule has 3 N–H and O–H groups in total. The number of benzene rings is 1. The number of anilines is 1. The van der Waals surface area contributed by atoms with Gasteiger partial charge in [0.1, 0.15) is 0 Å². The molecule has 1 heterocycles. The molecule has 0 aromatic heterocycles. The second kappa shape index (κ2) is 7.68. The lowest BCUT2D eigenvalue weighted by atomic mass is 9.81.